The maximum Gasteiger partial charge on any atom is 0.407 e. The molecule has 0 saturated heterocycles. The second-order valence-corrected chi connectivity index (χ2v) is 5.80. The highest BCUT2D eigenvalue weighted by Crippen LogP contribution is 2.12. The van der Waals surface area contributed by atoms with Crippen molar-refractivity contribution < 1.29 is 19.1 Å². The van der Waals surface area contributed by atoms with Crippen molar-refractivity contribution in [1.29, 1.82) is 0 Å². The summed E-state index contributed by atoms with van der Waals surface area (Å²) in [4.78, 5) is 22.4. The SMILES string of the molecule is CC(=O)Cc1ccc(OCCNC(=O)OC(C)(C)C)cc1. The molecule has 0 bridgehead atoms. The fourth-order valence-electron chi connectivity index (χ4n) is 1.63. The lowest BCUT2D eigenvalue weighted by Gasteiger charge is -2.19. The van der Waals surface area contributed by atoms with Crippen molar-refractivity contribution in [3.05, 3.63) is 29.8 Å². The van der Waals surface area contributed by atoms with Crippen LogP contribution in [0.4, 0.5) is 4.79 Å². The number of Topliss-reactive ketones (excluding diaryl/α,β-unsaturated/α-hetero) is 1. The van der Waals surface area contributed by atoms with Crippen LogP contribution in [0.5, 0.6) is 5.75 Å². The fraction of sp³-hybridized carbons (Fsp3) is 0.500. The third-order valence-electron chi connectivity index (χ3n) is 2.42. The van der Waals surface area contributed by atoms with Gasteiger partial charge in [-0.1, -0.05) is 12.1 Å². The van der Waals surface area contributed by atoms with Gasteiger partial charge in [-0.15, -0.1) is 0 Å². The maximum atomic E-state index is 11.4. The molecule has 0 aliphatic rings. The molecule has 0 aliphatic heterocycles. The lowest BCUT2D eigenvalue weighted by atomic mass is 10.1. The zero-order valence-electron chi connectivity index (χ0n) is 13.1. The number of ether oxygens (including phenoxy) is 2. The Bertz CT molecular complexity index is 474. The van der Waals surface area contributed by atoms with Gasteiger partial charge in [0.1, 0.15) is 23.7 Å². The summed E-state index contributed by atoms with van der Waals surface area (Å²) >= 11 is 0. The van der Waals surface area contributed by atoms with Gasteiger partial charge >= 0.3 is 6.09 Å². The van der Waals surface area contributed by atoms with E-state index in [0.29, 0.717) is 25.3 Å². The Kier molecular flexibility index (Phi) is 6.21. The minimum absolute atomic E-state index is 0.130. The van der Waals surface area contributed by atoms with Crippen molar-refractivity contribution >= 4 is 11.9 Å². The van der Waals surface area contributed by atoms with E-state index in [-0.39, 0.29) is 5.78 Å². The molecule has 1 N–H and O–H groups in total. The Hall–Kier alpha value is -2.04. The van der Waals surface area contributed by atoms with E-state index < -0.39 is 11.7 Å². The van der Waals surface area contributed by atoms with Crippen LogP contribution in [0.3, 0.4) is 0 Å². The van der Waals surface area contributed by atoms with Gasteiger partial charge in [0.05, 0.1) is 6.54 Å². The number of carbonyl (C=O) groups is 2. The molecular weight excluding hydrogens is 270 g/mol. The first-order valence-electron chi connectivity index (χ1n) is 6.94. The molecule has 21 heavy (non-hydrogen) atoms. The molecule has 0 atom stereocenters. The summed E-state index contributed by atoms with van der Waals surface area (Å²) in [5.74, 6) is 0.832. The number of nitrogens with one attached hydrogen (secondary N) is 1. The van der Waals surface area contributed by atoms with Crippen LogP contribution >= 0.6 is 0 Å². The number of hydrogen-bond donors (Lipinski definition) is 1. The molecule has 5 nitrogen and oxygen atoms in total. The third-order valence-corrected chi connectivity index (χ3v) is 2.42. The number of benzene rings is 1. The number of amides is 1. The van der Waals surface area contributed by atoms with Gasteiger partial charge in [-0.25, -0.2) is 4.79 Å². The number of rotatable bonds is 6. The zero-order chi connectivity index (χ0) is 15.9. The smallest absolute Gasteiger partial charge is 0.407 e. The Labute approximate surface area is 125 Å². The summed E-state index contributed by atoms with van der Waals surface area (Å²) in [6, 6.07) is 7.34. The summed E-state index contributed by atoms with van der Waals surface area (Å²) < 4.78 is 10.6. The highest BCUT2D eigenvalue weighted by molar-refractivity contribution is 5.78. The number of carbonyl (C=O) groups excluding carboxylic acids is 2. The van der Waals surface area contributed by atoms with Crippen LogP contribution in [0.1, 0.15) is 33.3 Å². The highest BCUT2D eigenvalue weighted by Gasteiger charge is 2.15. The number of ketones is 1. The minimum Gasteiger partial charge on any atom is -0.492 e. The van der Waals surface area contributed by atoms with Crippen molar-refractivity contribution in [1.82, 2.24) is 5.32 Å². The summed E-state index contributed by atoms with van der Waals surface area (Å²) in [5.41, 5.74) is 0.457. The van der Waals surface area contributed by atoms with Gasteiger partial charge in [-0.2, -0.15) is 0 Å². The highest BCUT2D eigenvalue weighted by atomic mass is 16.6. The summed E-state index contributed by atoms with van der Waals surface area (Å²) in [6.07, 6.45) is -0.0246. The van der Waals surface area contributed by atoms with Gasteiger partial charge in [0.25, 0.3) is 0 Å². The minimum atomic E-state index is -0.502. The summed E-state index contributed by atoms with van der Waals surface area (Å²) in [6.45, 7) is 7.71. The lowest BCUT2D eigenvalue weighted by Crippen LogP contribution is -2.34. The average molecular weight is 293 g/mol. The van der Waals surface area contributed by atoms with Gasteiger partial charge < -0.3 is 14.8 Å². The van der Waals surface area contributed by atoms with E-state index in [0.717, 1.165) is 5.56 Å². The second kappa shape index (κ2) is 7.67. The molecule has 5 heteroatoms. The molecule has 1 aromatic rings. The van der Waals surface area contributed by atoms with Gasteiger partial charge in [0.2, 0.25) is 0 Å². The van der Waals surface area contributed by atoms with Crippen LogP contribution in [-0.4, -0.2) is 30.6 Å². The van der Waals surface area contributed by atoms with Gasteiger partial charge in [-0.3, -0.25) is 4.79 Å². The molecule has 0 spiro atoms. The van der Waals surface area contributed by atoms with Gasteiger partial charge in [-0.05, 0) is 45.4 Å². The molecule has 1 aromatic carbocycles. The second-order valence-electron chi connectivity index (χ2n) is 5.80. The van der Waals surface area contributed by atoms with E-state index >= 15 is 0 Å². The molecule has 0 aliphatic carbocycles. The van der Waals surface area contributed by atoms with Gasteiger partial charge in [0.15, 0.2) is 0 Å². The van der Waals surface area contributed by atoms with E-state index in [4.69, 9.17) is 9.47 Å². The quantitative estimate of drug-likeness (QED) is 0.819. The molecule has 0 aromatic heterocycles. The molecule has 0 heterocycles. The lowest BCUT2D eigenvalue weighted by molar-refractivity contribution is -0.116. The van der Waals surface area contributed by atoms with E-state index in [1.165, 1.54) is 0 Å². The standard InChI is InChI=1S/C16H23NO4/c1-12(18)11-13-5-7-14(8-6-13)20-10-9-17-15(19)21-16(2,3)4/h5-8H,9-11H2,1-4H3,(H,17,19). The predicted molar refractivity (Wildman–Crippen MR) is 80.6 cm³/mol. The zero-order valence-corrected chi connectivity index (χ0v) is 13.1. The molecule has 0 radical (unpaired) electrons. The number of hydrogen-bond acceptors (Lipinski definition) is 4. The maximum absolute atomic E-state index is 11.4. The van der Waals surface area contributed by atoms with E-state index in [1.807, 2.05) is 45.0 Å². The van der Waals surface area contributed by atoms with Crippen LogP contribution in [0.15, 0.2) is 24.3 Å². The van der Waals surface area contributed by atoms with Crippen LogP contribution in [0.2, 0.25) is 0 Å². The normalized spacial score (nSPS) is 10.9. The topological polar surface area (TPSA) is 64.6 Å². The first-order valence-corrected chi connectivity index (χ1v) is 6.94. The molecule has 0 unspecified atom stereocenters. The van der Waals surface area contributed by atoms with E-state index in [9.17, 15) is 9.59 Å². The van der Waals surface area contributed by atoms with Crippen LogP contribution < -0.4 is 10.1 Å². The number of alkyl carbamates (subject to hydrolysis) is 1. The van der Waals surface area contributed by atoms with Crippen LogP contribution in [-0.2, 0) is 16.0 Å². The monoisotopic (exact) mass is 293 g/mol. The average Bonchev–Trinajstić information content (AvgIpc) is 2.34. The summed E-state index contributed by atoms with van der Waals surface area (Å²) in [5, 5.41) is 2.62. The molecule has 0 saturated carbocycles. The summed E-state index contributed by atoms with van der Waals surface area (Å²) in [7, 11) is 0. The molecule has 1 amide bonds. The molecule has 0 fully saturated rings. The van der Waals surface area contributed by atoms with Crippen LogP contribution in [0, 0.1) is 0 Å². The first-order chi connectivity index (χ1) is 9.76. The van der Waals surface area contributed by atoms with E-state index in [1.54, 1.807) is 6.92 Å². The fourth-order valence-corrected chi connectivity index (χ4v) is 1.63. The molecule has 1 rings (SSSR count). The Balaban J connectivity index is 2.27. The van der Waals surface area contributed by atoms with Crippen LogP contribution in [0.25, 0.3) is 0 Å². The van der Waals surface area contributed by atoms with E-state index in [2.05, 4.69) is 5.32 Å². The van der Waals surface area contributed by atoms with Gasteiger partial charge in [0, 0.05) is 6.42 Å². The van der Waals surface area contributed by atoms with Crippen molar-refractivity contribution in [3.63, 3.8) is 0 Å². The molecule has 116 valence electrons. The van der Waals surface area contributed by atoms with Crippen molar-refractivity contribution in [2.24, 2.45) is 0 Å². The van der Waals surface area contributed by atoms with Crippen molar-refractivity contribution in [2.45, 2.75) is 39.7 Å². The third kappa shape index (κ3) is 7.97. The first kappa shape index (κ1) is 17.0. The largest absolute Gasteiger partial charge is 0.492 e. The Morgan fingerprint density at radius 3 is 2.29 bits per heavy atom. The predicted octanol–water partition coefficient (Wildman–Crippen LogP) is 2.72. The van der Waals surface area contributed by atoms with Crippen molar-refractivity contribution in [3.8, 4) is 5.75 Å². The van der Waals surface area contributed by atoms with Crippen molar-refractivity contribution in [2.75, 3.05) is 13.2 Å². The Morgan fingerprint density at radius 2 is 1.76 bits per heavy atom. The Morgan fingerprint density at radius 1 is 1.14 bits per heavy atom. The molecular formula is C16H23NO4.